The fourth-order valence-electron chi connectivity index (χ4n) is 2.25. The standard InChI is InChI=1S/C15H25N/c1-3-5-9-14(7-4-2)15-10-6-8-13(11-15)12-16/h6,8,10-11,14H,3-5,7,9,12,16H2,1-2H3. The average molecular weight is 219 g/mol. The molecule has 0 aliphatic carbocycles. The normalized spacial score (nSPS) is 12.7. The summed E-state index contributed by atoms with van der Waals surface area (Å²) in [5.74, 6) is 0.733. The Bertz CT molecular complexity index is 293. The Hall–Kier alpha value is -0.820. The summed E-state index contributed by atoms with van der Waals surface area (Å²) < 4.78 is 0. The first-order chi connectivity index (χ1) is 7.81. The molecule has 0 fully saturated rings. The van der Waals surface area contributed by atoms with Crippen LogP contribution in [0.25, 0.3) is 0 Å². The van der Waals surface area contributed by atoms with Gasteiger partial charge >= 0.3 is 0 Å². The van der Waals surface area contributed by atoms with Gasteiger partial charge in [-0.05, 0) is 29.9 Å². The number of hydrogen-bond donors (Lipinski definition) is 1. The zero-order valence-electron chi connectivity index (χ0n) is 10.7. The monoisotopic (exact) mass is 219 g/mol. The topological polar surface area (TPSA) is 26.0 Å². The first-order valence-corrected chi connectivity index (χ1v) is 6.60. The summed E-state index contributed by atoms with van der Waals surface area (Å²) in [7, 11) is 0. The van der Waals surface area contributed by atoms with E-state index in [4.69, 9.17) is 5.73 Å². The molecular formula is C15H25N. The molecule has 0 aliphatic rings. The van der Waals surface area contributed by atoms with E-state index in [-0.39, 0.29) is 0 Å². The van der Waals surface area contributed by atoms with Crippen molar-refractivity contribution in [3.05, 3.63) is 35.4 Å². The predicted octanol–water partition coefficient (Wildman–Crippen LogP) is 4.22. The summed E-state index contributed by atoms with van der Waals surface area (Å²) in [5.41, 5.74) is 8.44. The van der Waals surface area contributed by atoms with Gasteiger partial charge in [0, 0.05) is 6.54 Å². The van der Waals surface area contributed by atoms with Crippen molar-refractivity contribution in [1.82, 2.24) is 0 Å². The second-order valence-corrected chi connectivity index (χ2v) is 4.58. The highest BCUT2D eigenvalue weighted by molar-refractivity contribution is 5.26. The van der Waals surface area contributed by atoms with Crippen LogP contribution in [0.1, 0.15) is 63.0 Å². The maximum atomic E-state index is 5.69. The lowest BCUT2D eigenvalue weighted by Gasteiger charge is -2.17. The molecule has 2 N–H and O–H groups in total. The Morgan fingerprint density at radius 2 is 1.94 bits per heavy atom. The van der Waals surface area contributed by atoms with Crippen LogP contribution >= 0.6 is 0 Å². The molecule has 0 heterocycles. The minimum absolute atomic E-state index is 0.653. The molecular weight excluding hydrogens is 194 g/mol. The van der Waals surface area contributed by atoms with Gasteiger partial charge in [0.25, 0.3) is 0 Å². The minimum atomic E-state index is 0.653. The lowest BCUT2D eigenvalue weighted by molar-refractivity contribution is 0.541. The van der Waals surface area contributed by atoms with Gasteiger partial charge in [-0.1, -0.05) is 57.4 Å². The van der Waals surface area contributed by atoms with Gasteiger partial charge in [0.05, 0.1) is 0 Å². The van der Waals surface area contributed by atoms with E-state index in [1.807, 2.05) is 0 Å². The van der Waals surface area contributed by atoms with E-state index in [0.29, 0.717) is 6.54 Å². The van der Waals surface area contributed by atoms with Crippen LogP contribution in [0.4, 0.5) is 0 Å². The van der Waals surface area contributed by atoms with E-state index in [2.05, 4.69) is 38.1 Å². The number of hydrogen-bond acceptors (Lipinski definition) is 1. The van der Waals surface area contributed by atoms with Gasteiger partial charge in [-0.2, -0.15) is 0 Å². The summed E-state index contributed by atoms with van der Waals surface area (Å²) in [6.45, 7) is 5.19. The van der Waals surface area contributed by atoms with Crippen molar-refractivity contribution in [2.75, 3.05) is 0 Å². The lowest BCUT2D eigenvalue weighted by atomic mass is 9.89. The van der Waals surface area contributed by atoms with Gasteiger partial charge in [0.1, 0.15) is 0 Å². The number of nitrogens with two attached hydrogens (primary N) is 1. The van der Waals surface area contributed by atoms with Crippen LogP contribution in [0.2, 0.25) is 0 Å². The SMILES string of the molecule is CCCCC(CCC)c1cccc(CN)c1. The van der Waals surface area contributed by atoms with Crippen LogP contribution in [0.5, 0.6) is 0 Å². The number of rotatable bonds is 7. The highest BCUT2D eigenvalue weighted by Gasteiger charge is 2.10. The lowest BCUT2D eigenvalue weighted by Crippen LogP contribution is -2.02. The smallest absolute Gasteiger partial charge is 0.0178 e. The Kier molecular flexibility index (Phi) is 6.17. The van der Waals surface area contributed by atoms with Crippen LogP contribution in [0.3, 0.4) is 0 Å². The van der Waals surface area contributed by atoms with Gasteiger partial charge in [-0.25, -0.2) is 0 Å². The minimum Gasteiger partial charge on any atom is -0.326 e. The molecule has 1 atom stereocenters. The quantitative estimate of drug-likeness (QED) is 0.730. The molecule has 0 bridgehead atoms. The van der Waals surface area contributed by atoms with Crippen molar-refractivity contribution in [1.29, 1.82) is 0 Å². The largest absolute Gasteiger partial charge is 0.326 e. The van der Waals surface area contributed by atoms with Crippen LogP contribution in [0, 0.1) is 0 Å². The zero-order chi connectivity index (χ0) is 11.8. The third-order valence-electron chi connectivity index (χ3n) is 3.20. The Balaban J connectivity index is 2.73. The van der Waals surface area contributed by atoms with Crippen LogP contribution < -0.4 is 5.73 Å². The van der Waals surface area contributed by atoms with Crippen molar-refractivity contribution >= 4 is 0 Å². The summed E-state index contributed by atoms with van der Waals surface area (Å²) in [6, 6.07) is 8.81. The third-order valence-corrected chi connectivity index (χ3v) is 3.20. The highest BCUT2D eigenvalue weighted by Crippen LogP contribution is 2.27. The molecule has 1 nitrogen and oxygen atoms in total. The van der Waals surface area contributed by atoms with Crippen LogP contribution in [-0.2, 0) is 6.54 Å². The molecule has 0 aliphatic heterocycles. The molecule has 1 unspecified atom stereocenters. The van der Waals surface area contributed by atoms with E-state index < -0.39 is 0 Å². The van der Waals surface area contributed by atoms with Crippen molar-refractivity contribution in [3.8, 4) is 0 Å². The van der Waals surface area contributed by atoms with Gasteiger partial charge < -0.3 is 5.73 Å². The van der Waals surface area contributed by atoms with E-state index in [1.54, 1.807) is 0 Å². The third kappa shape index (κ3) is 3.97. The predicted molar refractivity (Wildman–Crippen MR) is 71.5 cm³/mol. The average Bonchev–Trinajstić information content (AvgIpc) is 2.34. The first kappa shape index (κ1) is 13.2. The van der Waals surface area contributed by atoms with E-state index >= 15 is 0 Å². The highest BCUT2D eigenvalue weighted by atomic mass is 14.5. The Morgan fingerprint density at radius 1 is 1.12 bits per heavy atom. The van der Waals surface area contributed by atoms with Crippen molar-refractivity contribution < 1.29 is 0 Å². The fourth-order valence-corrected chi connectivity index (χ4v) is 2.25. The molecule has 0 aromatic heterocycles. The molecule has 90 valence electrons. The van der Waals surface area contributed by atoms with Crippen molar-refractivity contribution in [3.63, 3.8) is 0 Å². The van der Waals surface area contributed by atoms with E-state index in [1.165, 1.54) is 43.2 Å². The summed E-state index contributed by atoms with van der Waals surface area (Å²) in [4.78, 5) is 0. The molecule has 1 heteroatoms. The number of unbranched alkanes of at least 4 members (excludes halogenated alkanes) is 1. The summed E-state index contributed by atoms with van der Waals surface area (Å²) in [6.07, 6.45) is 6.50. The molecule has 1 rings (SSSR count). The summed E-state index contributed by atoms with van der Waals surface area (Å²) >= 11 is 0. The van der Waals surface area contributed by atoms with E-state index in [0.717, 1.165) is 5.92 Å². The molecule has 16 heavy (non-hydrogen) atoms. The zero-order valence-corrected chi connectivity index (χ0v) is 10.7. The fraction of sp³-hybridized carbons (Fsp3) is 0.600. The van der Waals surface area contributed by atoms with Gasteiger partial charge in [0.15, 0.2) is 0 Å². The van der Waals surface area contributed by atoms with Crippen LogP contribution in [-0.4, -0.2) is 0 Å². The maximum Gasteiger partial charge on any atom is 0.0178 e. The summed E-state index contributed by atoms with van der Waals surface area (Å²) in [5, 5.41) is 0. The molecule has 1 aromatic carbocycles. The molecule has 0 radical (unpaired) electrons. The first-order valence-electron chi connectivity index (χ1n) is 6.60. The molecule has 0 saturated carbocycles. The van der Waals surface area contributed by atoms with Crippen molar-refractivity contribution in [2.24, 2.45) is 5.73 Å². The second kappa shape index (κ2) is 7.45. The van der Waals surface area contributed by atoms with Gasteiger partial charge in [-0.3, -0.25) is 0 Å². The second-order valence-electron chi connectivity index (χ2n) is 4.58. The molecule has 0 amide bonds. The van der Waals surface area contributed by atoms with Crippen molar-refractivity contribution in [2.45, 2.75) is 58.4 Å². The molecule has 1 aromatic rings. The van der Waals surface area contributed by atoms with Gasteiger partial charge in [0.2, 0.25) is 0 Å². The number of benzene rings is 1. The molecule has 0 spiro atoms. The Morgan fingerprint density at radius 3 is 2.56 bits per heavy atom. The Labute approximate surface area is 100 Å². The van der Waals surface area contributed by atoms with Gasteiger partial charge in [-0.15, -0.1) is 0 Å². The molecule has 0 saturated heterocycles. The van der Waals surface area contributed by atoms with Crippen LogP contribution in [0.15, 0.2) is 24.3 Å². The maximum absolute atomic E-state index is 5.69. The van der Waals surface area contributed by atoms with E-state index in [9.17, 15) is 0 Å².